The highest BCUT2D eigenvalue weighted by Crippen LogP contribution is 2.26. The Balaban J connectivity index is 2.52. The van der Waals surface area contributed by atoms with Crippen LogP contribution >= 0.6 is 0 Å². The van der Waals surface area contributed by atoms with Crippen LogP contribution in [0.4, 0.5) is 4.79 Å². The van der Waals surface area contributed by atoms with Gasteiger partial charge in [-0.1, -0.05) is 6.92 Å². The predicted molar refractivity (Wildman–Crippen MR) is 65.8 cm³/mol. The van der Waals surface area contributed by atoms with Crippen LogP contribution in [0.5, 0.6) is 0 Å². The molecule has 0 bridgehead atoms. The fourth-order valence-electron chi connectivity index (χ4n) is 2.21. The van der Waals surface area contributed by atoms with Gasteiger partial charge in [0.2, 0.25) is 0 Å². The molecule has 0 aromatic carbocycles. The molecule has 1 saturated carbocycles. The van der Waals surface area contributed by atoms with Gasteiger partial charge in [0.05, 0.1) is 0 Å². The summed E-state index contributed by atoms with van der Waals surface area (Å²) in [6, 6.07) is -0.0835. The average Bonchev–Trinajstić information content (AvgIpc) is 2.58. The van der Waals surface area contributed by atoms with Crippen molar-refractivity contribution in [1.82, 2.24) is 5.32 Å². The van der Waals surface area contributed by atoms with Gasteiger partial charge < -0.3 is 10.1 Å². The lowest BCUT2D eigenvalue weighted by Gasteiger charge is -2.25. The molecule has 4 heteroatoms. The number of carbonyl (C=O) groups is 2. The molecule has 1 aliphatic carbocycles. The summed E-state index contributed by atoms with van der Waals surface area (Å²) in [4.78, 5) is 23.3. The Bertz CT molecular complexity index is 294. The second-order valence-corrected chi connectivity index (χ2v) is 5.63. The second kappa shape index (κ2) is 5.52. The smallest absolute Gasteiger partial charge is 0.407 e. The van der Waals surface area contributed by atoms with Gasteiger partial charge in [0.25, 0.3) is 0 Å². The van der Waals surface area contributed by atoms with Crippen LogP contribution in [0.15, 0.2) is 0 Å². The van der Waals surface area contributed by atoms with Crippen molar-refractivity contribution in [1.29, 1.82) is 0 Å². The van der Waals surface area contributed by atoms with Crippen molar-refractivity contribution < 1.29 is 14.3 Å². The molecule has 0 saturated heterocycles. The molecule has 2 atom stereocenters. The van der Waals surface area contributed by atoms with Crippen molar-refractivity contribution in [2.24, 2.45) is 5.92 Å². The van der Waals surface area contributed by atoms with E-state index in [0.29, 0.717) is 6.42 Å². The molecular formula is C13H23NO3. The van der Waals surface area contributed by atoms with Crippen LogP contribution in [0.1, 0.15) is 53.4 Å². The van der Waals surface area contributed by atoms with Crippen molar-refractivity contribution in [3.63, 3.8) is 0 Å². The third kappa shape index (κ3) is 4.36. The Labute approximate surface area is 103 Å². The number of hydrogen-bond acceptors (Lipinski definition) is 3. The van der Waals surface area contributed by atoms with Gasteiger partial charge in [0.15, 0.2) is 0 Å². The molecule has 0 aromatic rings. The van der Waals surface area contributed by atoms with Crippen molar-refractivity contribution in [2.45, 2.75) is 65.0 Å². The number of amides is 1. The molecule has 0 heterocycles. The summed E-state index contributed by atoms with van der Waals surface area (Å²) in [5, 5.41) is 2.81. The molecule has 1 fully saturated rings. The first-order chi connectivity index (χ1) is 7.83. The van der Waals surface area contributed by atoms with Crippen LogP contribution in [0.2, 0.25) is 0 Å². The maximum Gasteiger partial charge on any atom is 0.407 e. The number of nitrogens with one attached hydrogen (secondary N) is 1. The van der Waals surface area contributed by atoms with Gasteiger partial charge in [0, 0.05) is 18.4 Å². The number of carbonyl (C=O) groups excluding carboxylic acids is 2. The lowest BCUT2D eigenvalue weighted by molar-refractivity contribution is -0.121. The zero-order valence-corrected chi connectivity index (χ0v) is 11.2. The van der Waals surface area contributed by atoms with Crippen LogP contribution < -0.4 is 5.32 Å². The van der Waals surface area contributed by atoms with Crippen LogP contribution in [-0.4, -0.2) is 23.5 Å². The number of ether oxygens (including phenoxy) is 1. The van der Waals surface area contributed by atoms with E-state index >= 15 is 0 Å². The standard InChI is InChI=1S/C13H23NO3/c1-5-10(9-7-6-8-11(9)15)14-12(16)17-13(2,3)4/h9-10H,5-8H2,1-4H3,(H,14,16). The van der Waals surface area contributed by atoms with Gasteiger partial charge in [-0.3, -0.25) is 4.79 Å². The van der Waals surface area contributed by atoms with E-state index < -0.39 is 11.7 Å². The third-order valence-electron chi connectivity index (χ3n) is 2.98. The lowest BCUT2D eigenvalue weighted by Crippen LogP contribution is -2.43. The summed E-state index contributed by atoms with van der Waals surface area (Å²) < 4.78 is 5.20. The SMILES string of the molecule is CCC(NC(=O)OC(C)(C)C)C1CCCC1=O. The van der Waals surface area contributed by atoms with Gasteiger partial charge >= 0.3 is 6.09 Å². The van der Waals surface area contributed by atoms with E-state index in [1.807, 2.05) is 27.7 Å². The Morgan fingerprint density at radius 3 is 2.59 bits per heavy atom. The molecule has 2 unspecified atom stereocenters. The summed E-state index contributed by atoms with van der Waals surface area (Å²) >= 11 is 0. The molecular weight excluding hydrogens is 218 g/mol. The number of Topliss-reactive ketones (excluding diaryl/α,β-unsaturated/α-hetero) is 1. The van der Waals surface area contributed by atoms with Crippen molar-refractivity contribution in [2.75, 3.05) is 0 Å². The zero-order chi connectivity index (χ0) is 13.1. The Morgan fingerprint density at radius 1 is 1.53 bits per heavy atom. The molecule has 1 N–H and O–H groups in total. The van der Waals surface area contributed by atoms with E-state index in [1.54, 1.807) is 0 Å². The number of hydrogen-bond donors (Lipinski definition) is 1. The maximum absolute atomic E-state index is 11.6. The van der Waals surface area contributed by atoms with Gasteiger partial charge in [-0.05, 0) is 40.0 Å². The van der Waals surface area contributed by atoms with Crippen molar-refractivity contribution in [3.05, 3.63) is 0 Å². The third-order valence-corrected chi connectivity index (χ3v) is 2.98. The Hall–Kier alpha value is -1.06. The molecule has 0 aliphatic heterocycles. The van der Waals surface area contributed by atoms with Gasteiger partial charge in [-0.25, -0.2) is 4.79 Å². The highest BCUT2D eigenvalue weighted by molar-refractivity contribution is 5.84. The first kappa shape index (κ1) is 14.0. The molecule has 1 rings (SSSR count). The predicted octanol–water partition coefficient (Wildman–Crippen LogP) is 2.66. The number of ketones is 1. The quantitative estimate of drug-likeness (QED) is 0.826. The molecule has 0 spiro atoms. The molecule has 4 nitrogen and oxygen atoms in total. The van der Waals surface area contributed by atoms with Gasteiger partial charge in [-0.15, -0.1) is 0 Å². The highest BCUT2D eigenvalue weighted by Gasteiger charge is 2.32. The first-order valence-corrected chi connectivity index (χ1v) is 6.35. The number of rotatable bonds is 3. The van der Waals surface area contributed by atoms with Crippen LogP contribution in [0, 0.1) is 5.92 Å². The largest absolute Gasteiger partial charge is 0.444 e. The van der Waals surface area contributed by atoms with E-state index in [2.05, 4.69) is 5.32 Å². The van der Waals surface area contributed by atoms with Crippen LogP contribution in [0.25, 0.3) is 0 Å². The molecule has 17 heavy (non-hydrogen) atoms. The summed E-state index contributed by atoms with van der Waals surface area (Å²) in [5.41, 5.74) is -0.498. The summed E-state index contributed by atoms with van der Waals surface area (Å²) in [5.74, 6) is 0.250. The fourth-order valence-corrected chi connectivity index (χ4v) is 2.21. The highest BCUT2D eigenvalue weighted by atomic mass is 16.6. The van der Waals surface area contributed by atoms with Crippen LogP contribution in [-0.2, 0) is 9.53 Å². The fraction of sp³-hybridized carbons (Fsp3) is 0.846. The first-order valence-electron chi connectivity index (χ1n) is 6.35. The summed E-state index contributed by atoms with van der Waals surface area (Å²) in [6.07, 6.45) is 2.81. The maximum atomic E-state index is 11.6. The van der Waals surface area contributed by atoms with Gasteiger partial charge in [-0.2, -0.15) is 0 Å². The minimum atomic E-state index is -0.498. The van der Waals surface area contributed by atoms with E-state index in [1.165, 1.54) is 0 Å². The van der Waals surface area contributed by atoms with E-state index in [0.717, 1.165) is 19.3 Å². The Morgan fingerprint density at radius 2 is 2.18 bits per heavy atom. The Kier molecular flexibility index (Phi) is 4.54. The molecule has 0 aromatic heterocycles. The zero-order valence-electron chi connectivity index (χ0n) is 11.2. The van der Waals surface area contributed by atoms with Gasteiger partial charge in [0.1, 0.15) is 11.4 Å². The normalized spacial score (nSPS) is 22.4. The molecule has 1 amide bonds. The average molecular weight is 241 g/mol. The molecule has 0 radical (unpaired) electrons. The summed E-state index contributed by atoms with van der Waals surface area (Å²) in [6.45, 7) is 7.46. The van der Waals surface area contributed by atoms with E-state index in [-0.39, 0.29) is 17.7 Å². The molecule has 1 aliphatic rings. The minimum Gasteiger partial charge on any atom is -0.444 e. The second-order valence-electron chi connectivity index (χ2n) is 5.63. The lowest BCUT2D eigenvalue weighted by atomic mass is 9.95. The van der Waals surface area contributed by atoms with E-state index in [4.69, 9.17) is 4.74 Å². The van der Waals surface area contributed by atoms with Crippen LogP contribution in [0.3, 0.4) is 0 Å². The van der Waals surface area contributed by atoms with Crippen molar-refractivity contribution >= 4 is 11.9 Å². The minimum absolute atomic E-state index is 0.0208. The summed E-state index contributed by atoms with van der Waals surface area (Å²) in [7, 11) is 0. The van der Waals surface area contributed by atoms with E-state index in [9.17, 15) is 9.59 Å². The molecule has 98 valence electrons. The topological polar surface area (TPSA) is 55.4 Å². The van der Waals surface area contributed by atoms with Crippen molar-refractivity contribution in [3.8, 4) is 0 Å². The monoisotopic (exact) mass is 241 g/mol. The number of alkyl carbamates (subject to hydrolysis) is 1.